The lowest BCUT2D eigenvalue weighted by Gasteiger charge is -2.08. The molecule has 0 unspecified atom stereocenters. The van der Waals surface area contributed by atoms with Gasteiger partial charge in [-0.15, -0.1) is 0 Å². The Hall–Kier alpha value is -0.880. The van der Waals surface area contributed by atoms with Gasteiger partial charge in [-0.25, -0.2) is 0 Å². The van der Waals surface area contributed by atoms with E-state index in [1.54, 1.807) is 0 Å². The van der Waals surface area contributed by atoms with E-state index in [9.17, 15) is 14.4 Å². The number of hydrogen-bond donors (Lipinski definition) is 2. The van der Waals surface area contributed by atoms with Crippen molar-refractivity contribution in [1.29, 1.82) is 0 Å². The van der Waals surface area contributed by atoms with Gasteiger partial charge >= 0.3 is 0 Å². The number of hydrogen-bond acceptors (Lipinski definition) is 5. The highest BCUT2D eigenvalue weighted by Crippen LogP contribution is 2.02. The molecule has 0 heterocycles. The van der Waals surface area contributed by atoms with Crippen LogP contribution in [0.3, 0.4) is 0 Å². The normalized spacial score (nSPS) is 11.9. The molecule has 0 saturated heterocycles. The van der Waals surface area contributed by atoms with Gasteiger partial charge in [0.05, 0.1) is 6.04 Å². The summed E-state index contributed by atoms with van der Waals surface area (Å²) in [5.41, 5.74) is 5.38. The number of carbonyl (C=O) groups excluding carboxylic acids is 3. The van der Waals surface area contributed by atoms with Crippen LogP contribution in [0.1, 0.15) is 13.8 Å². The summed E-state index contributed by atoms with van der Waals surface area (Å²) >= 11 is 0.959. The molecule has 0 spiro atoms. The Morgan fingerprint density at radius 2 is 1.92 bits per heavy atom. The fourth-order valence-corrected chi connectivity index (χ4v) is 1.11. The van der Waals surface area contributed by atoms with Crippen LogP contribution in [-0.4, -0.2) is 28.7 Å². The maximum absolute atomic E-state index is 11.0. The molecule has 0 aromatic carbocycles. The second-order valence-electron chi connectivity index (χ2n) is 2.45. The Labute approximate surface area is 80.4 Å². The van der Waals surface area contributed by atoms with Crippen LogP contribution in [0.5, 0.6) is 0 Å². The molecular formula is C7H12N2O3S. The molecule has 0 fully saturated rings. The van der Waals surface area contributed by atoms with Crippen molar-refractivity contribution in [1.82, 2.24) is 5.32 Å². The zero-order valence-electron chi connectivity index (χ0n) is 7.49. The number of thioether (sulfide) groups is 1. The maximum atomic E-state index is 11.0. The number of nitrogens with two attached hydrogens (primary N) is 1. The smallest absolute Gasteiger partial charge is 0.244 e. The Kier molecular flexibility index (Phi) is 5.33. The molecule has 13 heavy (non-hydrogen) atoms. The van der Waals surface area contributed by atoms with Crippen molar-refractivity contribution in [3.05, 3.63) is 0 Å². The van der Waals surface area contributed by atoms with Gasteiger partial charge in [0, 0.05) is 19.6 Å². The molecule has 0 aliphatic rings. The largest absolute Gasteiger partial charge is 0.319 e. The molecule has 0 saturated carbocycles. The molecule has 74 valence electrons. The molecule has 0 aliphatic carbocycles. The topological polar surface area (TPSA) is 89.3 Å². The standard InChI is InChI=1S/C7H12N2O3S/c1-4(10)9-7(12)6(8)3-13-5(2)11/h6H,3,8H2,1-2H3,(H,9,10,12)/t6-/m0/s1. The SMILES string of the molecule is CC(=O)NC(=O)[C@@H](N)CSC(C)=O. The highest BCUT2D eigenvalue weighted by atomic mass is 32.2. The number of carbonyl (C=O) groups is 3. The van der Waals surface area contributed by atoms with E-state index in [0.717, 1.165) is 11.8 Å². The van der Waals surface area contributed by atoms with E-state index in [2.05, 4.69) is 0 Å². The monoisotopic (exact) mass is 204 g/mol. The van der Waals surface area contributed by atoms with Crippen molar-refractivity contribution in [3.63, 3.8) is 0 Å². The Morgan fingerprint density at radius 3 is 2.31 bits per heavy atom. The molecule has 3 N–H and O–H groups in total. The van der Waals surface area contributed by atoms with Crippen molar-refractivity contribution in [2.24, 2.45) is 5.73 Å². The zero-order valence-corrected chi connectivity index (χ0v) is 8.31. The summed E-state index contributed by atoms with van der Waals surface area (Å²) < 4.78 is 0. The van der Waals surface area contributed by atoms with Crippen LogP contribution in [-0.2, 0) is 14.4 Å². The molecule has 0 radical (unpaired) electrons. The minimum Gasteiger partial charge on any atom is -0.319 e. The number of rotatable bonds is 3. The first kappa shape index (κ1) is 12.1. The third kappa shape index (κ3) is 6.30. The Morgan fingerprint density at radius 1 is 1.38 bits per heavy atom. The lowest BCUT2D eigenvalue weighted by molar-refractivity contribution is -0.129. The van der Waals surface area contributed by atoms with Gasteiger partial charge in [0.25, 0.3) is 0 Å². The van der Waals surface area contributed by atoms with Crippen LogP contribution in [0.25, 0.3) is 0 Å². The van der Waals surface area contributed by atoms with E-state index in [1.165, 1.54) is 13.8 Å². The van der Waals surface area contributed by atoms with Crippen molar-refractivity contribution >= 4 is 28.7 Å². The van der Waals surface area contributed by atoms with E-state index in [0.29, 0.717) is 0 Å². The molecule has 1 atom stereocenters. The maximum Gasteiger partial charge on any atom is 0.244 e. The lowest BCUT2D eigenvalue weighted by atomic mass is 10.3. The van der Waals surface area contributed by atoms with Gasteiger partial charge in [0.1, 0.15) is 0 Å². The quantitative estimate of drug-likeness (QED) is 0.631. The molecular weight excluding hydrogens is 192 g/mol. The summed E-state index contributed by atoms with van der Waals surface area (Å²) in [6, 6.07) is -0.821. The van der Waals surface area contributed by atoms with Gasteiger partial charge in [0.15, 0.2) is 5.12 Å². The number of imide groups is 1. The van der Waals surface area contributed by atoms with E-state index in [1.807, 2.05) is 5.32 Å². The summed E-state index contributed by atoms with van der Waals surface area (Å²) in [6.07, 6.45) is 0. The van der Waals surface area contributed by atoms with Crippen LogP contribution in [0.15, 0.2) is 0 Å². The molecule has 0 aliphatic heterocycles. The van der Waals surface area contributed by atoms with Gasteiger partial charge in [-0.05, 0) is 0 Å². The molecule has 0 rings (SSSR count). The van der Waals surface area contributed by atoms with E-state index in [-0.39, 0.29) is 10.9 Å². The van der Waals surface area contributed by atoms with Gasteiger partial charge < -0.3 is 5.73 Å². The van der Waals surface area contributed by atoms with Gasteiger partial charge in [-0.3, -0.25) is 19.7 Å². The molecule has 6 heteroatoms. The lowest BCUT2D eigenvalue weighted by Crippen LogP contribution is -2.44. The summed E-state index contributed by atoms with van der Waals surface area (Å²) in [7, 11) is 0. The fourth-order valence-electron chi connectivity index (χ4n) is 0.549. The van der Waals surface area contributed by atoms with Crippen LogP contribution >= 0.6 is 11.8 Å². The minimum atomic E-state index is -0.821. The van der Waals surface area contributed by atoms with Crippen LogP contribution in [0, 0.1) is 0 Å². The van der Waals surface area contributed by atoms with Gasteiger partial charge in [-0.2, -0.15) is 0 Å². The highest BCUT2D eigenvalue weighted by Gasteiger charge is 2.14. The van der Waals surface area contributed by atoms with E-state index in [4.69, 9.17) is 5.73 Å². The zero-order chi connectivity index (χ0) is 10.4. The van der Waals surface area contributed by atoms with Crippen LogP contribution in [0.2, 0.25) is 0 Å². The molecule has 0 aromatic rings. The van der Waals surface area contributed by atoms with E-state index < -0.39 is 17.9 Å². The minimum absolute atomic E-state index is 0.105. The molecule has 0 aromatic heterocycles. The van der Waals surface area contributed by atoms with Crippen molar-refractivity contribution in [2.45, 2.75) is 19.9 Å². The molecule has 5 nitrogen and oxygen atoms in total. The third-order valence-corrected chi connectivity index (χ3v) is 2.03. The number of amides is 2. The van der Waals surface area contributed by atoms with Crippen molar-refractivity contribution in [3.8, 4) is 0 Å². The predicted molar refractivity (Wildman–Crippen MR) is 49.9 cm³/mol. The first-order valence-corrected chi connectivity index (χ1v) is 4.62. The second-order valence-corrected chi connectivity index (χ2v) is 3.65. The average molecular weight is 204 g/mol. The fraction of sp³-hybridized carbons (Fsp3) is 0.571. The molecule has 0 bridgehead atoms. The first-order valence-electron chi connectivity index (χ1n) is 3.64. The summed E-state index contributed by atoms with van der Waals surface area (Å²) in [4.78, 5) is 31.9. The van der Waals surface area contributed by atoms with Gasteiger partial charge in [0.2, 0.25) is 11.8 Å². The van der Waals surface area contributed by atoms with Crippen LogP contribution < -0.4 is 11.1 Å². The highest BCUT2D eigenvalue weighted by molar-refractivity contribution is 8.13. The third-order valence-electron chi connectivity index (χ3n) is 1.10. The van der Waals surface area contributed by atoms with Crippen LogP contribution in [0.4, 0.5) is 0 Å². The Bertz CT molecular complexity index is 230. The Balaban J connectivity index is 3.82. The summed E-state index contributed by atoms with van der Waals surface area (Å²) in [5, 5.41) is 1.93. The van der Waals surface area contributed by atoms with Crippen molar-refractivity contribution in [2.75, 3.05) is 5.75 Å². The number of nitrogens with one attached hydrogen (secondary N) is 1. The molecule has 2 amide bonds. The summed E-state index contributed by atoms with van der Waals surface area (Å²) in [5.74, 6) is -0.816. The average Bonchev–Trinajstić information content (AvgIpc) is 1.98. The van der Waals surface area contributed by atoms with Gasteiger partial charge in [-0.1, -0.05) is 11.8 Å². The predicted octanol–water partition coefficient (Wildman–Crippen LogP) is -0.744. The van der Waals surface area contributed by atoms with Crippen molar-refractivity contribution < 1.29 is 14.4 Å². The van der Waals surface area contributed by atoms with E-state index >= 15 is 0 Å². The first-order chi connectivity index (χ1) is 5.93. The summed E-state index contributed by atoms with van der Waals surface area (Å²) in [6.45, 7) is 2.61. The second kappa shape index (κ2) is 5.71.